The zero-order chi connectivity index (χ0) is 52.3. The fraction of sp³-hybridized carbons (Fsp3) is 0.242. The fourth-order valence-corrected chi connectivity index (χ4v) is 8.58. The molecule has 1 heterocycles. The molecule has 1 aromatic heterocycles. The van der Waals surface area contributed by atoms with E-state index >= 15 is 0 Å². The fourth-order valence-electron chi connectivity index (χ4n) is 8.58. The van der Waals surface area contributed by atoms with Gasteiger partial charge in [-0.2, -0.15) is 10.5 Å². The number of benzene rings is 5. The van der Waals surface area contributed by atoms with Crippen LogP contribution in [0.2, 0.25) is 0 Å². The number of rotatable bonds is 1. The van der Waals surface area contributed by atoms with Crippen molar-refractivity contribution in [2.45, 2.75) is 105 Å². The lowest BCUT2D eigenvalue weighted by atomic mass is 9.83. The molecule has 72 heavy (non-hydrogen) atoms. The van der Waals surface area contributed by atoms with Crippen LogP contribution in [0.3, 0.4) is 0 Å². The summed E-state index contributed by atoms with van der Waals surface area (Å²) >= 11 is 0. The molecular formula is C66H60N6. The van der Waals surface area contributed by atoms with E-state index in [1.807, 2.05) is 85.0 Å². The van der Waals surface area contributed by atoms with E-state index in [4.69, 9.17) is 19.7 Å². The maximum atomic E-state index is 11.0. The highest BCUT2D eigenvalue weighted by Crippen LogP contribution is 2.38. The van der Waals surface area contributed by atoms with Crippen molar-refractivity contribution in [3.63, 3.8) is 0 Å². The summed E-state index contributed by atoms with van der Waals surface area (Å²) in [5.41, 5.74) is 13.9. The van der Waals surface area contributed by atoms with E-state index in [-0.39, 0.29) is 21.7 Å². The lowest BCUT2D eigenvalue weighted by Crippen LogP contribution is -2.12. The van der Waals surface area contributed by atoms with Gasteiger partial charge in [0.1, 0.15) is 0 Å². The van der Waals surface area contributed by atoms with Crippen molar-refractivity contribution in [3.05, 3.63) is 228 Å². The zero-order valence-electron chi connectivity index (χ0n) is 43.5. The lowest BCUT2D eigenvalue weighted by Gasteiger charge is -2.22. The molecule has 6 nitrogen and oxygen atoms in total. The molecule has 0 fully saturated rings. The first-order valence-electron chi connectivity index (χ1n) is 24.1. The van der Waals surface area contributed by atoms with Crippen LogP contribution in [-0.4, -0.2) is 4.98 Å². The number of aromatic nitrogens is 1. The van der Waals surface area contributed by atoms with Crippen LogP contribution in [0.15, 0.2) is 116 Å². The number of nitriles is 2. The molecular weight excluding hydrogens is 877 g/mol. The summed E-state index contributed by atoms with van der Waals surface area (Å²) in [6, 6.07) is 39.2. The minimum Gasteiger partial charge on any atom is -0.265 e. The van der Waals surface area contributed by atoms with Crippen LogP contribution in [0.25, 0.3) is 84.3 Å². The molecule has 0 aliphatic heterocycles. The Morgan fingerprint density at radius 1 is 0.347 bits per heavy atom. The third-order valence-electron chi connectivity index (χ3n) is 12.9. The summed E-state index contributed by atoms with van der Waals surface area (Å²) < 4.78 is 0. The van der Waals surface area contributed by atoms with E-state index in [0.29, 0.717) is 56.1 Å². The standard InChI is InChI=1S/C66H60N6/c1-63(2,3)56-28-42-20-50(36-56)55(41-68)27-43-23-51(37-57(29-43)64(4,5)6)61(70-14)33-46-25-53(39-59(31-46)66(10,11)12)62(71-15)34-45-24-52(38-58(30-45)65(7,8)9)60(69-13)32-44-21-48(47-16-18-72-19-17-47)35-49(22-44)54(26-42)40-67/h16-39H,1-12H3/b54-26+,55-27?,60-32-,61-33-,62-34-. The first-order chi connectivity index (χ1) is 33.9. The molecule has 0 saturated carbocycles. The third-order valence-corrected chi connectivity index (χ3v) is 12.9. The summed E-state index contributed by atoms with van der Waals surface area (Å²) in [5.74, 6) is 0. The van der Waals surface area contributed by atoms with Crippen LogP contribution < -0.4 is 0 Å². The van der Waals surface area contributed by atoms with Crippen LogP contribution in [0.4, 0.5) is 0 Å². The second kappa shape index (κ2) is 20.0. The molecule has 1 aliphatic rings. The van der Waals surface area contributed by atoms with Crippen LogP contribution in [0.5, 0.6) is 0 Å². The van der Waals surface area contributed by atoms with Gasteiger partial charge >= 0.3 is 0 Å². The van der Waals surface area contributed by atoms with Gasteiger partial charge in [-0.25, -0.2) is 14.5 Å². The number of fused-ring (bicyclic) bond motifs is 10. The van der Waals surface area contributed by atoms with Gasteiger partial charge in [0.15, 0.2) is 17.1 Å². The molecule has 0 atom stereocenters. The maximum absolute atomic E-state index is 11.0. The van der Waals surface area contributed by atoms with Crippen molar-refractivity contribution >= 4 is 58.6 Å². The first-order valence-corrected chi connectivity index (χ1v) is 24.1. The van der Waals surface area contributed by atoms with Gasteiger partial charge in [0.05, 0.1) is 43.0 Å². The second-order valence-electron chi connectivity index (χ2n) is 22.7. The average molecular weight is 937 g/mol. The number of allylic oxidation sites excluding steroid dienone is 2. The quantitative estimate of drug-likeness (QED) is 0.154. The van der Waals surface area contributed by atoms with Gasteiger partial charge in [-0.3, -0.25) is 4.98 Å². The second-order valence-corrected chi connectivity index (χ2v) is 22.7. The highest BCUT2D eigenvalue weighted by molar-refractivity contribution is 5.97. The lowest BCUT2D eigenvalue weighted by molar-refractivity contribution is 0.589. The van der Waals surface area contributed by atoms with Gasteiger partial charge in [-0.05, 0) is 184 Å². The van der Waals surface area contributed by atoms with Gasteiger partial charge in [-0.1, -0.05) is 144 Å². The van der Waals surface area contributed by atoms with Crippen LogP contribution in [0.1, 0.15) is 161 Å². The smallest absolute Gasteiger partial charge is 0.194 e. The first kappa shape index (κ1) is 51.3. The van der Waals surface area contributed by atoms with Crippen molar-refractivity contribution < 1.29 is 0 Å². The monoisotopic (exact) mass is 936 g/mol. The van der Waals surface area contributed by atoms with Crippen LogP contribution >= 0.6 is 0 Å². The Kier molecular flexibility index (Phi) is 14.3. The Bertz CT molecular complexity index is 3500. The van der Waals surface area contributed by atoms with E-state index in [1.165, 1.54) is 0 Å². The van der Waals surface area contributed by atoms with E-state index in [9.17, 15) is 10.5 Å². The summed E-state index contributed by atoms with van der Waals surface area (Å²) in [6.45, 7) is 51.4. The molecule has 0 N–H and O–H groups in total. The van der Waals surface area contributed by atoms with Gasteiger partial charge in [0, 0.05) is 12.4 Å². The van der Waals surface area contributed by atoms with Crippen LogP contribution in [-0.2, 0) is 21.7 Å². The van der Waals surface area contributed by atoms with Gasteiger partial charge in [0.25, 0.3) is 0 Å². The van der Waals surface area contributed by atoms with E-state index in [2.05, 4.69) is 163 Å². The normalized spacial score (nSPS) is 16.2. The number of hydrogen-bond acceptors (Lipinski definition) is 3. The molecule has 0 unspecified atom stereocenters. The Labute approximate surface area is 427 Å². The maximum Gasteiger partial charge on any atom is 0.194 e. The largest absolute Gasteiger partial charge is 0.265 e. The Morgan fingerprint density at radius 2 is 0.625 bits per heavy atom. The van der Waals surface area contributed by atoms with Crippen molar-refractivity contribution in [1.29, 1.82) is 10.5 Å². The minimum atomic E-state index is -0.309. The predicted octanol–water partition coefficient (Wildman–Crippen LogP) is 17.6. The summed E-state index contributed by atoms with van der Waals surface area (Å²) in [6.07, 6.45) is 12.9. The van der Waals surface area contributed by atoms with Crippen molar-refractivity contribution in [1.82, 2.24) is 4.98 Å². The molecule has 6 aromatic rings. The van der Waals surface area contributed by atoms with E-state index in [1.54, 1.807) is 12.4 Å². The van der Waals surface area contributed by atoms with Crippen molar-refractivity contribution in [2.75, 3.05) is 0 Å². The molecule has 7 rings (SSSR count). The Morgan fingerprint density at radius 3 is 0.944 bits per heavy atom. The van der Waals surface area contributed by atoms with E-state index in [0.717, 1.165) is 61.2 Å². The zero-order valence-corrected chi connectivity index (χ0v) is 43.5. The van der Waals surface area contributed by atoms with Crippen molar-refractivity contribution in [3.8, 4) is 23.3 Å². The Balaban J connectivity index is 1.63. The van der Waals surface area contributed by atoms with E-state index < -0.39 is 0 Å². The Hall–Kier alpha value is -8.60. The SMILES string of the molecule is [C-]#[N+]/C1=C\c2cc(cc(C(C)(C)C)c2)/C([N+]#[C-])=C/c2cc(cc(C(C)(C)C)c2)/C([N+]#[C-])=C/c2cc(cc(-c3ccncc3)c2)/C(C#N)=C/c2cc(cc(C(C)(C)C)c2)C(C#N)=Cc2cc1cc(C(C)(C)C)c2. The summed E-state index contributed by atoms with van der Waals surface area (Å²) in [5, 5.41) is 22.0. The molecule has 0 radical (unpaired) electrons. The molecule has 5 aromatic carbocycles. The third kappa shape index (κ3) is 11.9. The minimum absolute atomic E-state index is 0.291. The average Bonchev–Trinajstić information content (AvgIpc) is 3.33. The molecule has 0 saturated heterocycles. The topological polar surface area (TPSA) is 73.6 Å². The molecule has 0 amide bonds. The molecule has 354 valence electrons. The predicted molar refractivity (Wildman–Crippen MR) is 301 cm³/mol. The molecule has 10 bridgehead atoms. The van der Waals surface area contributed by atoms with Crippen LogP contribution in [0, 0.1) is 42.4 Å². The number of pyridine rings is 1. The summed E-state index contributed by atoms with van der Waals surface area (Å²) in [4.78, 5) is 16.6. The number of nitrogens with zero attached hydrogens (tertiary/aromatic N) is 6. The molecule has 1 aliphatic carbocycles. The highest BCUT2D eigenvalue weighted by Gasteiger charge is 2.22. The van der Waals surface area contributed by atoms with Crippen molar-refractivity contribution in [2.24, 2.45) is 0 Å². The van der Waals surface area contributed by atoms with Gasteiger partial charge in [0.2, 0.25) is 0 Å². The molecule has 6 heteroatoms. The molecule has 0 spiro atoms. The number of hydrogen-bond donors (Lipinski definition) is 0. The highest BCUT2D eigenvalue weighted by atomic mass is 14.7. The van der Waals surface area contributed by atoms with Gasteiger partial charge in [-0.15, -0.1) is 0 Å². The van der Waals surface area contributed by atoms with Gasteiger partial charge < -0.3 is 0 Å². The summed E-state index contributed by atoms with van der Waals surface area (Å²) in [7, 11) is 0.